The van der Waals surface area contributed by atoms with Crippen LogP contribution in [-0.4, -0.2) is 23.7 Å². The van der Waals surface area contributed by atoms with Gasteiger partial charge >= 0.3 is 6.03 Å². The van der Waals surface area contributed by atoms with Gasteiger partial charge < -0.3 is 11.1 Å². The summed E-state index contributed by atoms with van der Waals surface area (Å²) in [4.78, 5) is 23.6. The van der Waals surface area contributed by atoms with Crippen molar-refractivity contribution in [1.82, 2.24) is 10.6 Å². The van der Waals surface area contributed by atoms with E-state index in [2.05, 4.69) is 10.6 Å². The molecule has 0 heterocycles. The second-order valence-corrected chi connectivity index (χ2v) is 5.58. The predicted molar refractivity (Wildman–Crippen MR) is 78.4 cm³/mol. The number of carbonyl (C=O) groups is 2. The zero-order valence-corrected chi connectivity index (χ0v) is 12.3. The Morgan fingerprint density at radius 2 is 2.11 bits per heavy atom. The highest BCUT2D eigenvalue weighted by Gasteiger charge is 2.10. The van der Waals surface area contributed by atoms with E-state index in [4.69, 9.17) is 17.3 Å². The molecule has 104 valence electrons. The van der Waals surface area contributed by atoms with Crippen LogP contribution in [0.3, 0.4) is 0 Å². The lowest BCUT2D eigenvalue weighted by Gasteiger charge is -2.09. The average Bonchev–Trinajstić information content (AvgIpc) is 2.26. The Morgan fingerprint density at radius 3 is 2.68 bits per heavy atom. The SMILES string of the molecule is CC(C)NC(=O)NC(=O)CSc1ccc(N)cc1Cl. The van der Waals surface area contributed by atoms with Crippen LogP contribution in [0.25, 0.3) is 0 Å². The minimum absolute atomic E-state index is 0.0213. The van der Waals surface area contributed by atoms with Gasteiger partial charge in [-0.15, -0.1) is 11.8 Å². The van der Waals surface area contributed by atoms with Crippen LogP contribution in [0.15, 0.2) is 23.1 Å². The van der Waals surface area contributed by atoms with E-state index in [1.165, 1.54) is 11.8 Å². The maximum Gasteiger partial charge on any atom is 0.321 e. The Kier molecular flexibility index (Phi) is 5.98. The lowest BCUT2D eigenvalue weighted by Crippen LogP contribution is -2.43. The molecule has 4 N–H and O–H groups in total. The maximum atomic E-state index is 11.5. The summed E-state index contributed by atoms with van der Waals surface area (Å²) in [6, 6.07) is 4.55. The van der Waals surface area contributed by atoms with Gasteiger partial charge in [0.1, 0.15) is 0 Å². The number of rotatable bonds is 4. The molecule has 3 amide bonds. The molecule has 0 aliphatic rings. The Hall–Kier alpha value is -1.40. The number of amides is 3. The fourth-order valence-corrected chi connectivity index (χ4v) is 2.31. The normalized spacial score (nSPS) is 10.3. The van der Waals surface area contributed by atoms with Crippen molar-refractivity contribution in [2.45, 2.75) is 24.8 Å². The number of hydrogen-bond acceptors (Lipinski definition) is 4. The molecular weight excluding hydrogens is 286 g/mol. The lowest BCUT2D eigenvalue weighted by molar-refractivity contribution is -0.117. The van der Waals surface area contributed by atoms with E-state index in [1.54, 1.807) is 18.2 Å². The van der Waals surface area contributed by atoms with Crippen LogP contribution in [0.1, 0.15) is 13.8 Å². The fourth-order valence-electron chi connectivity index (χ4n) is 1.24. The molecule has 19 heavy (non-hydrogen) atoms. The number of nitrogens with one attached hydrogen (secondary N) is 2. The second-order valence-electron chi connectivity index (χ2n) is 4.15. The van der Waals surface area contributed by atoms with Crippen LogP contribution < -0.4 is 16.4 Å². The van der Waals surface area contributed by atoms with Crippen LogP contribution in [0.5, 0.6) is 0 Å². The Morgan fingerprint density at radius 1 is 1.42 bits per heavy atom. The largest absolute Gasteiger partial charge is 0.399 e. The van der Waals surface area contributed by atoms with Gasteiger partial charge in [0.2, 0.25) is 5.91 Å². The maximum absolute atomic E-state index is 11.5. The zero-order valence-electron chi connectivity index (χ0n) is 10.7. The van der Waals surface area contributed by atoms with Crippen molar-refractivity contribution in [3.63, 3.8) is 0 Å². The summed E-state index contributed by atoms with van der Waals surface area (Å²) >= 11 is 7.22. The molecule has 0 atom stereocenters. The topological polar surface area (TPSA) is 84.2 Å². The molecule has 1 rings (SSSR count). The van der Waals surface area contributed by atoms with Crippen molar-refractivity contribution in [3.05, 3.63) is 23.2 Å². The minimum atomic E-state index is -0.496. The van der Waals surface area contributed by atoms with Gasteiger partial charge in [0.15, 0.2) is 0 Å². The fraction of sp³-hybridized carbons (Fsp3) is 0.333. The molecule has 0 fully saturated rings. The van der Waals surface area contributed by atoms with E-state index in [1.807, 2.05) is 13.8 Å². The highest BCUT2D eigenvalue weighted by atomic mass is 35.5. The highest BCUT2D eigenvalue weighted by Crippen LogP contribution is 2.28. The smallest absolute Gasteiger partial charge is 0.321 e. The average molecular weight is 302 g/mol. The number of nitrogen functional groups attached to an aromatic ring is 1. The third-order valence-electron chi connectivity index (χ3n) is 1.99. The van der Waals surface area contributed by atoms with Gasteiger partial charge in [-0.05, 0) is 32.0 Å². The van der Waals surface area contributed by atoms with E-state index in [0.717, 1.165) is 4.90 Å². The summed E-state index contributed by atoms with van der Waals surface area (Å²) < 4.78 is 0. The Labute approximate surface area is 121 Å². The first-order chi connectivity index (χ1) is 8.88. The molecule has 0 saturated carbocycles. The lowest BCUT2D eigenvalue weighted by atomic mass is 10.3. The number of carbonyl (C=O) groups excluding carboxylic acids is 2. The highest BCUT2D eigenvalue weighted by molar-refractivity contribution is 8.00. The Bertz CT molecular complexity index is 480. The van der Waals surface area contributed by atoms with E-state index >= 15 is 0 Å². The second kappa shape index (κ2) is 7.25. The van der Waals surface area contributed by atoms with Crippen molar-refractivity contribution in [2.75, 3.05) is 11.5 Å². The van der Waals surface area contributed by atoms with Crippen LogP contribution >= 0.6 is 23.4 Å². The molecule has 0 bridgehead atoms. The van der Waals surface area contributed by atoms with Gasteiger partial charge in [-0.2, -0.15) is 0 Å². The summed E-state index contributed by atoms with van der Waals surface area (Å²) in [5.74, 6) is -0.272. The molecule has 0 saturated heterocycles. The summed E-state index contributed by atoms with van der Waals surface area (Å²) in [5, 5.41) is 5.29. The number of thioether (sulfide) groups is 1. The van der Waals surface area contributed by atoms with Crippen LogP contribution in [0.4, 0.5) is 10.5 Å². The summed E-state index contributed by atoms with van der Waals surface area (Å²) in [5.41, 5.74) is 6.13. The molecule has 0 aliphatic carbocycles. The van der Waals surface area contributed by atoms with Crippen molar-refractivity contribution >= 4 is 41.0 Å². The van der Waals surface area contributed by atoms with Crippen LogP contribution in [0, 0.1) is 0 Å². The molecule has 7 heteroatoms. The van der Waals surface area contributed by atoms with Crippen molar-refractivity contribution < 1.29 is 9.59 Å². The molecule has 0 aliphatic heterocycles. The summed E-state index contributed by atoms with van der Waals surface area (Å²) in [7, 11) is 0. The minimum Gasteiger partial charge on any atom is -0.399 e. The predicted octanol–water partition coefficient (Wildman–Crippen LogP) is 2.25. The molecule has 5 nitrogen and oxygen atoms in total. The number of halogens is 1. The first kappa shape index (κ1) is 15.7. The van der Waals surface area contributed by atoms with Crippen molar-refractivity contribution in [3.8, 4) is 0 Å². The molecule has 1 aromatic rings. The first-order valence-electron chi connectivity index (χ1n) is 5.66. The molecule has 1 aromatic carbocycles. The monoisotopic (exact) mass is 301 g/mol. The summed E-state index contributed by atoms with van der Waals surface area (Å²) in [6.45, 7) is 3.62. The molecule has 0 spiro atoms. The molecular formula is C12H16ClN3O2S. The van der Waals surface area contributed by atoms with Gasteiger partial charge in [0.05, 0.1) is 10.8 Å². The number of imide groups is 1. The summed E-state index contributed by atoms with van der Waals surface area (Å²) in [6.07, 6.45) is 0. The van der Waals surface area contributed by atoms with E-state index in [9.17, 15) is 9.59 Å². The molecule has 0 radical (unpaired) electrons. The van der Waals surface area contributed by atoms with E-state index in [-0.39, 0.29) is 17.7 Å². The van der Waals surface area contributed by atoms with Gasteiger partial charge in [0, 0.05) is 16.6 Å². The van der Waals surface area contributed by atoms with Crippen LogP contribution in [0.2, 0.25) is 5.02 Å². The molecule has 0 aromatic heterocycles. The zero-order chi connectivity index (χ0) is 14.4. The number of urea groups is 1. The van der Waals surface area contributed by atoms with E-state index < -0.39 is 6.03 Å². The first-order valence-corrected chi connectivity index (χ1v) is 7.03. The molecule has 0 unspecified atom stereocenters. The Balaban J connectivity index is 2.44. The van der Waals surface area contributed by atoms with Crippen molar-refractivity contribution in [1.29, 1.82) is 0 Å². The van der Waals surface area contributed by atoms with Gasteiger partial charge in [-0.1, -0.05) is 11.6 Å². The van der Waals surface area contributed by atoms with Crippen molar-refractivity contribution in [2.24, 2.45) is 0 Å². The van der Waals surface area contributed by atoms with Gasteiger partial charge in [-0.3, -0.25) is 10.1 Å². The third kappa shape index (κ3) is 5.85. The standard InChI is InChI=1S/C12H16ClN3O2S/c1-7(2)15-12(18)16-11(17)6-19-10-4-3-8(14)5-9(10)13/h3-5,7H,6,14H2,1-2H3,(H2,15,16,17,18). The third-order valence-corrected chi connectivity index (χ3v) is 3.49. The number of hydrogen-bond donors (Lipinski definition) is 3. The van der Waals surface area contributed by atoms with Gasteiger partial charge in [0.25, 0.3) is 0 Å². The number of nitrogens with two attached hydrogens (primary N) is 1. The van der Waals surface area contributed by atoms with Gasteiger partial charge in [-0.25, -0.2) is 4.79 Å². The van der Waals surface area contributed by atoms with E-state index in [0.29, 0.717) is 10.7 Å². The number of benzene rings is 1. The number of anilines is 1. The quantitative estimate of drug-likeness (QED) is 0.588. The van der Waals surface area contributed by atoms with Crippen LogP contribution in [-0.2, 0) is 4.79 Å².